The van der Waals surface area contributed by atoms with Crippen LogP contribution in [-0.4, -0.2) is 14.7 Å². The monoisotopic (exact) mass is 260 g/mol. The summed E-state index contributed by atoms with van der Waals surface area (Å²) < 4.78 is 7.87. The molecule has 0 radical (unpaired) electrons. The maximum absolute atomic E-state index is 9.97. The van der Waals surface area contributed by atoms with E-state index in [1.165, 1.54) is 0 Å². The second kappa shape index (κ2) is 6.38. The fraction of sp³-hybridized carbons (Fsp3) is 0.400. The highest BCUT2D eigenvalue weighted by molar-refractivity contribution is 5.35. The Kier molecular flexibility index (Phi) is 4.58. The minimum atomic E-state index is -0.479. The molecular formula is C15H20N2O2. The van der Waals surface area contributed by atoms with E-state index in [1.54, 1.807) is 6.33 Å². The first-order valence-corrected chi connectivity index (χ1v) is 6.65. The molecule has 0 amide bonds. The topological polar surface area (TPSA) is 47.3 Å². The second-order valence-electron chi connectivity index (χ2n) is 4.42. The van der Waals surface area contributed by atoms with Crippen molar-refractivity contribution in [1.82, 2.24) is 9.55 Å². The van der Waals surface area contributed by atoms with Gasteiger partial charge in [0.05, 0.1) is 24.3 Å². The molecule has 0 saturated carbocycles. The van der Waals surface area contributed by atoms with E-state index in [0.29, 0.717) is 13.0 Å². The van der Waals surface area contributed by atoms with Crippen LogP contribution < -0.4 is 4.74 Å². The zero-order chi connectivity index (χ0) is 13.7. The highest BCUT2D eigenvalue weighted by atomic mass is 16.5. The molecule has 4 nitrogen and oxygen atoms in total. The summed E-state index contributed by atoms with van der Waals surface area (Å²) in [7, 11) is 0. The summed E-state index contributed by atoms with van der Waals surface area (Å²) in [5.41, 5.74) is 1.87. The van der Waals surface area contributed by atoms with Gasteiger partial charge in [0, 0.05) is 12.1 Å². The molecule has 0 aliphatic heterocycles. The lowest BCUT2D eigenvalue weighted by atomic mass is 10.1. The molecule has 0 bridgehead atoms. The molecule has 1 N–H and O–H groups in total. The van der Waals surface area contributed by atoms with E-state index in [2.05, 4.69) is 11.9 Å². The van der Waals surface area contributed by atoms with Crippen molar-refractivity contribution < 1.29 is 9.84 Å². The number of ether oxygens (including phenoxy) is 1. The number of para-hydroxylation sites is 1. The molecule has 0 aliphatic rings. The molecule has 1 aromatic heterocycles. The van der Waals surface area contributed by atoms with Crippen LogP contribution in [0.15, 0.2) is 36.8 Å². The Labute approximate surface area is 113 Å². The number of benzene rings is 1. The number of hydrogen-bond donors (Lipinski definition) is 1. The van der Waals surface area contributed by atoms with Gasteiger partial charge in [-0.05, 0) is 19.4 Å². The number of aliphatic hydroxyl groups excluding tert-OH is 1. The highest BCUT2D eigenvalue weighted by Crippen LogP contribution is 2.27. The molecule has 0 saturated heterocycles. The first-order valence-electron chi connectivity index (χ1n) is 6.65. The normalized spacial score (nSPS) is 12.4. The predicted octanol–water partition coefficient (Wildman–Crippen LogP) is 2.93. The van der Waals surface area contributed by atoms with E-state index in [9.17, 15) is 5.11 Å². The molecule has 19 heavy (non-hydrogen) atoms. The number of aromatic nitrogens is 2. The second-order valence-corrected chi connectivity index (χ2v) is 4.42. The van der Waals surface area contributed by atoms with Gasteiger partial charge < -0.3 is 14.4 Å². The first-order chi connectivity index (χ1) is 9.26. The molecule has 4 heteroatoms. The molecule has 0 spiro atoms. The van der Waals surface area contributed by atoms with Crippen molar-refractivity contribution in [2.45, 2.75) is 39.5 Å². The van der Waals surface area contributed by atoms with E-state index < -0.39 is 6.10 Å². The lowest BCUT2D eigenvalue weighted by Gasteiger charge is -2.15. The largest absolute Gasteiger partial charge is 0.487 e. The third-order valence-electron chi connectivity index (χ3n) is 3.18. The van der Waals surface area contributed by atoms with E-state index >= 15 is 0 Å². The molecular weight excluding hydrogens is 240 g/mol. The highest BCUT2D eigenvalue weighted by Gasteiger charge is 2.11. The number of nitrogens with zero attached hydrogens (tertiary/aromatic N) is 2. The number of imidazole rings is 1. The Morgan fingerprint density at radius 1 is 1.32 bits per heavy atom. The van der Waals surface area contributed by atoms with Gasteiger partial charge in [-0.3, -0.25) is 0 Å². The quantitative estimate of drug-likeness (QED) is 0.868. The smallest absolute Gasteiger partial charge is 0.130 e. The summed E-state index contributed by atoms with van der Waals surface area (Å²) in [5, 5.41) is 9.97. The average molecular weight is 260 g/mol. The summed E-state index contributed by atoms with van der Waals surface area (Å²) in [6, 6.07) is 7.62. The molecule has 0 unspecified atom stereocenters. The maximum Gasteiger partial charge on any atom is 0.130 e. The molecule has 2 rings (SSSR count). The Balaban J connectivity index is 2.11. The molecule has 102 valence electrons. The molecule has 0 aliphatic carbocycles. The van der Waals surface area contributed by atoms with Gasteiger partial charge in [0.2, 0.25) is 0 Å². The van der Waals surface area contributed by atoms with Crippen LogP contribution in [-0.2, 0) is 13.2 Å². The van der Waals surface area contributed by atoms with Crippen molar-refractivity contribution in [3.63, 3.8) is 0 Å². The summed E-state index contributed by atoms with van der Waals surface area (Å²) >= 11 is 0. The van der Waals surface area contributed by atoms with Crippen LogP contribution >= 0.6 is 0 Å². The van der Waals surface area contributed by atoms with E-state index in [-0.39, 0.29) is 0 Å². The van der Waals surface area contributed by atoms with Crippen molar-refractivity contribution in [3.05, 3.63) is 48.0 Å². The van der Waals surface area contributed by atoms with Crippen molar-refractivity contribution >= 4 is 0 Å². The minimum absolute atomic E-state index is 0.460. The number of aryl methyl sites for hydroxylation is 1. The fourth-order valence-electron chi connectivity index (χ4n) is 2.01. The van der Waals surface area contributed by atoms with Crippen LogP contribution in [0.3, 0.4) is 0 Å². The summed E-state index contributed by atoms with van der Waals surface area (Å²) in [6.45, 7) is 5.35. The maximum atomic E-state index is 9.97. The third kappa shape index (κ3) is 3.15. The molecule has 1 aromatic carbocycles. The molecule has 2 aromatic rings. The van der Waals surface area contributed by atoms with E-state index in [4.69, 9.17) is 4.74 Å². The number of hydrogen-bond acceptors (Lipinski definition) is 3. The Morgan fingerprint density at radius 2 is 2.11 bits per heavy atom. The van der Waals surface area contributed by atoms with Gasteiger partial charge in [-0.2, -0.15) is 0 Å². The zero-order valence-electron chi connectivity index (χ0n) is 11.4. The van der Waals surface area contributed by atoms with E-state index in [0.717, 1.165) is 23.6 Å². The molecule has 0 fully saturated rings. The standard InChI is InChI=1S/C15H20N2O2/c1-3-14(18)13-7-5-6-8-15(13)19-10-12-9-16-11-17(12)4-2/h5-9,11,14,18H,3-4,10H2,1-2H3/t14-/m1/s1. The first kappa shape index (κ1) is 13.6. The van der Waals surface area contributed by atoms with Gasteiger partial charge in [0.1, 0.15) is 12.4 Å². The fourth-order valence-corrected chi connectivity index (χ4v) is 2.01. The number of aliphatic hydroxyl groups is 1. The van der Waals surface area contributed by atoms with Gasteiger partial charge in [0.25, 0.3) is 0 Å². The van der Waals surface area contributed by atoms with Crippen molar-refractivity contribution in [2.75, 3.05) is 0 Å². The van der Waals surface area contributed by atoms with Crippen LogP contribution in [0.1, 0.15) is 37.6 Å². The third-order valence-corrected chi connectivity index (χ3v) is 3.18. The molecule has 1 heterocycles. The van der Waals surface area contributed by atoms with Gasteiger partial charge >= 0.3 is 0 Å². The Morgan fingerprint density at radius 3 is 2.84 bits per heavy atom. The number of rotatable bonds is 6. The van der Waals surface area contributed by atoms with Crippen molar-refractivity contribution in [2.24, 2.45) is 0 Å². The minimum Gasteiger partial charge on any atom is -0.487 e. The lowest BCUT2D eigenvalue weighted by molar-refractivity contribution is 0.166. The van der Waals surface area contributed by atoms with Gasteiger partial charge in [-0.15, -0.1) is 0 Å². The zero-order valence-corrected chi connectivity index (χ0v) is 11.4. The molecule has 1 atom stereocenters. The van der Waals surface area contributed by atoms with Gasteiger partial charge in [-0.1, -0.05) is 25.1 Å². The lowest BCUT2D eigenvalue weighted by Crippen LogP contribution is -2.06. The van der Waals surface area contributed by atoms with Gasteiger partial charge in [-0.25, -0.2) is 4.98 Å². The van der Waals surface area contributed by atoms with Crippen LogP contribution in [0.2, 0.25) is 0 Å². The predicted molar refractivity (Wildman–Crippen MR) is 73.9 cm³/mol. The SMILES string of the molecule is CC[C@@H](O)c1ccccc1OCc1cncn1CC. The summed E-state index contributed by atoms with van der Waals surface area (Å²) in [6.07, 6.45) is 3.80. The summed E-state index contributed by atoms with van der Waals surface area (Å²) in [4.78, 5) is 4.11. The van der Waals surface area contributed by atoms with Gasteiger partial charge in [0.15, 0.2) is 0 Å². The van der Waals surface area contributed by atoms with Crippen molar-refractivity contribution in [1.29, 1.82) is 0 Å². The summed E-state index contributed by atoms with van der Waals surface area (Å²) in [5.74, 6) is 0.737. The Hall–Kier alpha value is -1.81. The van der Waals surface area contributed by atoms with Crippen LogP contribution in [0.25, 0.3) is 0 Å². The Bertz CT molecular complexity index is 522. The van der Waals surface area contributed by atoms with Crippen LogP contribution in [0, 0.1) is 0 Å². The van der Waals surface area contributed by atoms with Crippen molar-refractivity contribution in [3.8, 4) is 5.75 Å². The average Bonchev–Trinajstić information content (AvgIpc) is 2.92. The van der Waals surface area contributed by atoms with Crippen LogP contribution in [0.4, 0.5) is 0 Å². The van der Waals surface area contributed by atoms with E-state index in [1.807, 2.05) is 42.0 Å². The van der Waals surface area contributed by atoms with Crippen LogP contribution in [0.5, 0.6) is 5.75 Å².